The second-order valence-corrected chi connectivity index (χ2v) is 3.38. The molecule has 0 aliphatic heterocycles. The minimum atomic E-state index is 0.311. The first kappa shape index (κ1) is 9.47. The van der Waals surface area contributed by atoms with Gasteiger partial charge in [0, 0.05) is 5.39 Å². The van der Waals surface area contributed by atoms with E-state index in [2.05, 4.69) is 11.9 Å². The maximum atomic E-state index is 8.83. The number of fused-ring (bicyclic) bond motifs is 1. The highest BCUT2D eigenvalue weighted by Crippen LogP contribution is 2.21. The lowest BCUT2D eigenvalue weighted by molar-refractivity contribution is 1.14. The van der Waals surface area contributed by atoms with Crippen molar-refractivity contribution >= 4 is 16.7 Å². The van der Waals surface area contributed by atoms with Crippen LogP contribution >= 0.6 is 0 Å². The van der Waals surface area contributed by atoms with Gasteiger partial charge in [-0.2, -0.15) is 5.26 Å². The third-order valence-electron chi connectivity index (χ3n) is 2.46. The molecule has 2 aromatic rings. The van der Waals surface area contributed by atoms with Gasteiger partial charge < -0.3 is 5.73 Å². The molecule has 1 heterocycles. The largest absolute Gasteiger partial charge is 0.383 e. The zero-order chi connectivity index (χ0) is 10.8. The summed E-state index contributed by atoms with van der Waals surface area (Å²) in [5.74, 6) is 0.311. The maximum absolute atomic E-state index is 8.83. The topological polar surface area (TPSA) is 62.7 Å². The molecular formula is C12H11N3. The van der Waals surface area contributed by atoms with Gasteiger partial charge in [-0.15, -0.1) is 0 Å². The molecule has 0 bridgehead atoms. The quantitative estimate of drug-likeness (QED) is 0.762. The van der Waals surface area contributed by atoms with Gasteiger partial charge in [-0.1, -0.05) is 25.1 Å². The number of benzene rings is 1. The third-order valence-corrected chi connectivity index (χ3v) is 2.46. The summed E-state index contributed by atoms with van der Waals surface area (Å²) in [7, 11) is 0. The number of nitriles is 1. The number of hydrogen-bond donors (Lipinski definition) is 1. The molecule has 3 nitrogen and oxygen atoms in total. The Kier molecular flexibility index (Phi) is 2.26. The van der Waals surface area contributed by atoms with Crippen molar-refractivity contribution in [2.75, 3.05) is 5.73 Å². The Morgan fingerprint density at radius 3 is 2.93 bits per heavy atom. The van der Waals surface area contributed by atoms with Crippen LogP contribution in [0.25, 0.3) is 10.9 Å². The predicted molar refractivity (Wildman–Crippen MR) is 60.2 cm³/mol. The number of pyridine rings is 1. The molecule has 0 spiro atoms. The number of hydrogen-bond acceptors (Lipinski definition) is 3. The van der Waals surface area contributed by atoms with Crippen molar-refractivity contribution in [1.29, 1.82) is 5.26 Å². The highest BCUT2D eigenvalue weighted by atomic mass is 14.8. The van der Waals surface area contributed by atoms with Crippen LogP contribution in [-0.4, -0.2) is 4.98 Å². The van der Waals surface area contributed by atoms with Gasteiger partial charge in [0.15, 0.2) is 0 Å². The number of para-hydroxylation sites is 1. The van der Waals surface area contributed by atoms with Gasteiger partial charge >= 0.3 is 0 Å². The van der Waals surface area contributed by atoms with Crippen LogP contribution in [-0.2, 0) is 6.42 Å². The van der Waals surface area contributed by atoms with Crippen molar-refractivity contribution in [3.05, 3.63) is 35.4 Å². The zero-order valence-electron chi connectivity index (χ0n) is 8.49. The first-order chi connectivity index (χ1) is 7.26. The second-order valence-electron chi connectivity index (χ2n) is 3.38. The van der Waals surface area contributed by atoms with Crippen molar-refractivity contribution in [2.24, 2.45) is 0 Å². The smallest absolute Gasteiger partial charge is 0.142 e. The second kappa shape index (κ2) is 3.58. The first-order valence-electron chi connectivity index (χ1n) is 4.84. The van der Waals surface area contributed by atoms with E-state index >= 15 is 0 Å². The molecule has 15 heavy (non-hydrogen) atoms. The first-order valence-corrected chi connectivity index (χ1v) is 4.84. The Morgan fingerprint density at radius 1 is 1.47 bits per heavy atom. The van der Waals surface area contributed by atoms with Crippen molar-refractivity contribution in [3.63, 3.8) is 0 Å². The lowest BCUT2D eigenvalue weighted by Crippen LogP contribution is -1.97. The van der Waals surface area contributed by atoms with Gasteiger partial charge in [-0.25, -0.2) is 4.98 Å². The van der Waals surface area contributed by atoms with Crippen LogP contribution in [0.4, 0.5) is 5.82 Å². The molecule has 0 fully saturated rings. The van der Waals surface area contributed by atoms with Crippen LogP contribution in [0.15, 0.2) is 24.3 Å². The van der Waals surface area contributed by atoms with Gasteiger partial charge in [0.05, 0.1) is 11.1 Å². The number of anilines is 1. The van der Waals surface area contributed by atoms with Crippen LogP contribution in [0.3, 0.4) is 0 Å². The van der Waals surface area contributed by atoms with Gasteiger partial charge in [-0.3, -0.25) is 0 Å². The summed E-state index contributed by atoms with van der Waals surface area (Å²) in [4.78, 5) is 4.27. The average molecular weight is 197 g/mol. The van der Waals surface area contributed by atoms with Crippen LogP contribution in [0.5, 0.6) is 0 Å². The van der Waals surface area contributed by atoms with Gasteiger partial charge in [0.1, 0.15) is 11.9 Å². The Labute approximate surface area is 88.2 Å². The van der Waals surface area contributed by atoms with Crippen LogP contribution in [0, 0.1) is 11.3 Å². The van der Waals surface area contributed by atoms with E-state index in [1.165, 1.54) is 0 Å². The van der Waals surface area contributed by atoms with E-state index in [0.29, 0.717) is 11.4 Å². The standard InChI is InChI=1S/C12H11N3/c1-2-8-4-3-5-9-6-10(7-13)12(14)15-11(8)9/h3-6H,2H2,1H3,(H2,14,15). The Bertz CT molecular complexity index is 553. The molecular weight excluding hydrogens is 186 g/mol. The van der Waals surface area contributed by atoms with Crippen molar-refractivity contribution in [1.82, 2.24) is 4.98 Å². The summed E-state index contributed by atoms with van der Waals surface area (Å²) in [6, 6.07) is 9.77. The van der Waals surface area contributed by atoms with Crippen molar-refractivity contribution in [2.45, 2.75) is 13.3 Å². The molecule has 2 rings (SSSR count). The van der Waals surface area contributed by atoms with Gasteiger partial charge in [0.25, 0.3) is 0 Å². The minimum Gasteiger partial charge on any atom is -0.383 e. The number of nitrogens with zero attached hydrogens (tertiary/aromatic N) is 2. The maximum Gasteiger partial charge on any atom is 0.142 e. The number of nitrogens with two attached hydrogens (primary N) is 1. The zero-order valence-corrected chi connectivity index (χ0v) is 8.49. The Morgan fingerprint density at radius 2 is 2.27 bits per heavy atom. The minimum absolute atomic E-state index is 0.311. The van der Waals surface area contributed by atoms with E-state index in [9.17, 15) is 0 Å². The summed E-state index contributed by atoms with van der Waals surface area (Å²) in [5.41, 5.74) is 8.18. The molecule has 1 aromatic heterocycles. The fraction of sp³-hybridized carbons (Fsp3) is 0.167. The number of rotatable bonds is 1. The van der Waals surface area contributed by atoms with Gasteiger partial charge in [0.2, 0.25) is 0 Å². The fourth-order valence-electron chi connectivity index (χ4n) is 1.65. The summed E-state index contributed by atoms with van der Waals surface area (Å²) in [5, 5.41) is 9.81. The van der Waals surface area contributed by atoms with Crippen molar-refractivity contribution in [3.8, 4) is 6.07 Å². The summed E-state index contributed by atoms with van der Waals surface area (Å²) >= 11 is 0. The Hall–Kier alpha value is -2.08. The Balaban J connectivity index is 2.82. The summed E-state index contributed by atoms with van der Waals surface area (Å²) in [6.45, 7) is 2.07. The highest BCUT2D eigenvalue weighted by molar-refractivity contribution is 5.85. The highest BCUT2D eigenvalue weighted by Gasteiger charge is 2.05. The molecule has 0 unspecified atom stereocenters. The predicted octanol–water partition coefficient (Wildman–Crippen LogP) is 2.25. The number of nitrogen functional groups attached to an aromatic ring is 1. The van der Waals surface area contributed by atoms with E-state index in [-0.39, 0.29) is 0 Å². The third kappa shape index (κ3) is 1.50. The van der Waals surface area contributed by atoms with Gasteiger partial charge in [-0.05, 0) is 18.1 Å². The van der Waals surface area contributed by atoms with Crippen LogP contribution in [0.1, 0.15) is 18.1 Å². The van der Waals surface area contributed by atoms with E-state index in [1.807, 2.05) is 24.3 Å². The van der Waals surface area contributed by atoms with E-state index in [4.69, 9.17) is 11.0 Å². The molecule has 0 radical (unpaired) electrons. The molecule has 2 N–H and O–H groups in total. The lowest BCUT2D eigenvalue weighted by Gasteiger charge is -2.05. The van der Waals surface area contributed by atoms with E-state index in [1.54, 1.807) is 6.07 Å². The monoisotopic (exact) mass is 197 g/mol. The van der Waals surface area contributed by atoms with Crippen LogP contribution in [0.2, 0.25) is 0 Å². The van der Waals surface area contributed by atoms with Crippen molar-refractivity contribution < 1.29 is 0 Å². The fourth-order valence-corrected chi connectivity index (χ4v) is 1.65. The van der Waals surface area contributed by atoms with Crippen LogP contribution < -0.4 is 5.73 Å². The molecule has 0 aliphatic rings. The molecule has 0 atom stereocenters. The lowest BCUT2D eigenvalue weighted by atomic mass is 10.1. The molecule has 0 aliphatic carbocycles. The molecule has 3 heteroatoms. The molecule has 1 aromatic carbocycles. The summed E-state index contributed by atoms with van der Waals surface area (Å²) in [6.07, 6.45) is 0.912. The number of aryl methyl sites for hydroxylation is 1. The molecule has 74 valence electrons. The normalized spacial score (nSPS) is 10.1. The SMILES string of the molecule is CCc1cccc2cc(C#N)c(N)nc12. The number of aromatic nitrogens is 1. The average Bonchev–Trinajstić information content (AvgIpc) is 2.27. The van der Waals surface area contributed by atoms with E-state index in [0.717, 1.165) is 22.9 Å². The molecule has 0 amide bonds. The van der Waals surface area contributed by atoms with E-state index < -0.39 is 0 Å². The molecule has 0 saturated carbocycles. The molecule has 0 saturated heterocycles. The summed E-state index contributed by atoms with van der Waals surface area (Å²) < 4.78 is 0.